The molecule has 1 unspecified atom stereocenters. The lowest BCUT2D eigenvalue weighted by Gasteiger charge is -2.14. The van der Waals surface area contributed by atoms with Crippen LogP contribution in [-0.4, -0.2) is 23.3 Å². The molecule has 15 heavy (non-hydrogen) atoms. The molecule has 4 nitrogen and oxygen atoms in total. The normalized spacial score (nSPS) is 21.0. The quantitative estimate of drug-likeness (QED) is 0.771. The highest BCUT2D eigenvalue weighted by Crippen LogP contribution is 2.24. The van der Waals surface area contributed by atoms with E-state index in [4.69, 9.17) is 17.3 Å². The number of amides is 1. The van der Waals surface area contributed by atoms with Crippen molar-refractivity contribution in [2.24, 2.45) is 5.92 Å². The number of nitrogen functional groups attached to an aromatic ring is 1. The van der Waals surface area contributed by atoms with Gasteiger partial charge in [-0.2, -0.15) is 0 Å². The Labute approximate surface area is 93.0 Å². The van der Waals surface area contributed by atoms with Crippen molar-refractivity contribution in [1.29, 1.82) is 0 Å². The van der Waals surface area contributed by atoms with Gasteiger partial charge in [-0.05, 0) is 18.1 Å². The first-order valence-electron chi connectivity index (χ1n) is 4.78. The van der Waals surface area contributed by atoms with Gasteiger partial charge in [-0.3, -0.25) is 9.69 Å². The Hall–Kier alpha value is -1.29. The van der Waals surface area contributed by atoms with Crippen LogP contribution in [0.3, 0.4) is 0 Å². The molecule has 1 fully saturated rings. The molecule has 0 radical (unpaired) electrons. The summed E-state index contributed by atoms with van der Waals surface area (Å²) in [5.41, 5.74) is 6.12. The van der Waals surface area contributed by atoms with Crippen LogP contribution in [0.4, 0.5) is 11.5 Å². The Morgan fingerprint density at radius 2 is 2.40 bits per heavy atom. The summed E-state index contributed by atoms with van der Waals surface area (Å²) in [6.45, 7) is 0.652. The minimum Gasteiger partial charge on any atom is -0.397 e. The second-order valence-electron chi connectivity index (χ2n) is 3.68. The molecule has 2 heterocycles. The Morgan fingerprint density at radius 1 is 1.60 bits per heavy atom. The van der Waals surface area contributed by atoms with Gasteiger partial charge in [0.25, 0.3) is 0 Å². The summed E-state index contributed by atoms with van der Waals surface area (Å²) in [6.07, 6.45) is 2.06. The monoisotopic (exact) mass is 225 g/mol. The number of halogens is 1. The van der Waals surface area contributed by atoms with Gasteiger partial charge in [0.15, 0.2) is 0 Å². The van der Waals surface area contributed by atoms with Gasteiger partial charge in [-0.15, -0.1) is 11.6 Å². The SMILES string of the molecule is Nc1ccc(N2CC(CCl)CC2=O)nc1. The number of carbonyl (C=O) groups is 1. The molecule has 5 heteroatoms. The summed E-state index contributed by atoms with van der Waals surface area (Å²) in [7, 11) is 0. The topological polar surface area (TPSA) is 59.2 Å². The number of anilines is 2. The maximum absolute atomic E-state index is 11.6. The van der Waals surface area contributed by atoms with Crippen molar-refractivity contribution in [3.8, 4) is 0 Å². The smallest absolute Gasteiger partial charge is 0.228 e. The zero-order chi connectivity index (χ0) is 10.8. The lowest BCUT2D eigenvalue weighted by atomic mass is 10.1. The average molecular weight is 226 g/mol. The average Bonchev–Trinajstić information content (AvgIpc) is 2.61. The highest BCUT2D eigenvalue weighted by atomic mass is 35.5. The van der Waals surface area contributed by atoms with Crippen molar-refractivity contribution in [3.63, 3.8) is 0 Å². The van der Waals surface area contributed by atoms with E-state index in [1.165, 1.54) is 0 Å². The van der Waals surface area contributed by atoms with Crippen LogP contribution in [0.2, 0.25) is 0 Å². The highest BCUT2D eigenvalue weighted by Gasteiger charge is 2.30. The Kier molecular flexibility index (Phi) is 2.77. The van der Waals surface area contributed by atoms with E-state index >= 15 is 0 Å². The number of rotatable bonds is 2. The molecule has 0 saturated carbocycles. The zero-order valence-corrected chi connectivity index (χ0v) is 8.94. The van der Waals surface area contributed by atoms with Gasteiger partial charge in [0.05, 0.1) is 11.9 Å². The zero-order valence-electron chi connectivity index (χ0n) is 8.19. The summed E-state index contributed by atoms with van der Waals surface area (Å²) >= 11 is 5.73. The number of aromatic nitrogens is 1. The van der Waals surface area contributed by atoms with Gasteiger partial charge in [0, 0.05) is 18.8 Å². The number of nitrogens with zero attached hydrogens (tertiary/aromatic N) is 2. The minimum absolute atomic E-state index is 0.0814. The molecule has 1 aromatic heterocycles. The summed E-state index contributed by atoms with van der Waals surface area (Å²) in [5.74, 6) is 1.48. The molecule has 1 aliphatic heterocycles. The fraction of sp³-hybridized carbons (Fsp3) is 0.400. The van der Waals surface area contributed by atoms with Crippen LogP contribution in [-0.2, 0) is 4.79 Å². The van der Waals surface area contributed by atoms with E-state index in [1.807, 2.05) is 0 Å². The fourth-order valence-corrected chi connectivity index (χ4v) is 1.87. The van der Waals surface area contributed by atoms with Crippen LogP contribution < -0.4 is 10.6 Å². The molecule has 0 aliphatic carbocycles. The molecule has 1 aromatic rings. The van der Waals surface area contributed by atoms with Crippen LogP contribution in [0.15, 0.2) is 18.3 Å². The number of hydrogen-bond donors (Lipinski definition) is 1. The molecule has 2 N–H and O–H groups in total. The molecule has 1 saturated heterocycles. The standard InChI is InChI=1S/C10H12ClN3O/c11-4-7-3-10(15)14(6-7)9-2-1-8(12)5-13-9/h1-2,5,7H,3-4,6,12H2. The van der Waals surface area contributed by atoms with Crippen LogP contribution in [0.5, 0.6) is 0 Å². The number of carbonyl (C=O) groups excluding carboxylic acids is 1. The summed E-state index contributed by atoms with van der Waals surface area (Å²) < 4.78 is 0. The summed E-state index contributed by atoms with van der Waals surface area (Å²) in [4.78, 5) is 17.4. The van der Waals surface area contributed by atoms with E-state index in [2.05, 4.69) is 4.98 Å². The van der Waals surface area contributed by atoms with Crippen molar-refractivity contribution in [2.75, 3.05) is 23.1 Å². The van der Waals surface area contributed by atoms with Crippen LogP contribution in [0, 0.1) is 5.92 Å². The first-order chi connectivity index (χ1) is 7.20. The predicted molar refractivity (Wildman–Crippen MR) is 59.8 cm³/mol. The molecular formula is C10H12ClN3O. The first-order valence-corrected chi connectivity index (χ1v) is 5.32. The first kappa shape index (κ1) is 10.2. The van der Waals surface area contributed by atoms with Crippen molar-refractivity contribution in [2.45, 2.75) is 6.42 Å². The summed E-state index contributed by atoms with van der Waals surface area (Å²) in [6, 6.07) is 3.49. The fourth-order valence-electron chi connectivity index (χ4n) is 1.66. The maximum Gasteiger partial charge on any atom is 0.228 e. The Morgan fingerprint density at radius 3 is 2.93 bits per heavy atom. The number of hydrogen-bond acceptors (Lipinski definition) is 3. The van der Waals surface area contributed by atoms with E-state index in [-0.39, 0.29) is 11.8 Å². The molecule has 0 aromatic carbocycles. The van der Waals surface area contributed by atoms with Crippen LogP contribution >= 0.6 is 11.6 Å². The van der Waals surface area contributed by atoms with Crippen molar-refractivity contribution in [3.05, 3.63) is 18.3 Å². The number of alkyl halides is 1. The van der Waals surface area contributed by atoms with Crippen molar-refractivity contribution < 1.29 is 4.79 Å². The maximum atomic E-state index is 11.6. The van der Waals surface area contributed by atoms with E-state index < -0.39 is 0 Å². The van der Waals surface area contributed by atoms with Crippen LogP contribution in [0.1, 0.15) is 6.42 Å². The molecule has 1 amide bonds. The third-order valence-electron chi connectivity index (χ3n) is 2.47. The molecule has 0 spiro atoms. The van der Waals surface area contributed by atoms with Gasteiger partial charge in [0.1, 0.15) is 5.82 Å². The molecule has 1 atom stereocenters. The van der Waals surface area contributed by atoms with E-state index in [9.17, 15) is 4.79 Å². The molecule has 0 bridgehead atoms. The number of nitrogens with two attached hydrogens (primary N) is 1. The van der Waals surface area contributed by atoms with E-state index in [0.717, 1.165) is 0 Å². The largest absolute Gasteiger partial charge is 0.397 e. The van der Waals surface area contributed by atoms with Crippen molar-refractivity contribution in [1.82, 2.24) is 4.98 Å². The highest BCUT2D eigenvalue weighted by molar-refractivity contribution is 6.18. The van der Waals surface area contributed by atoms with E-state index in [1.54, 1.807) is 23.2 Å². The Balaban J connectivity index is 2.18. The number of pyridine rings is 1. The summed E-state index contributed by atoms with van der Waals surface area (Å²) in [5, 5.41) is 0. The molecule has 80 valence electrons. The van der Waals surface area contributed by atoms with Crippen LogP contribution in [0.25, 0.3) is 0 Å². The third kappa shape index (κ3) is 2.04. The second-order valence-corrected chi connectivity index (χ2v) is 3.99. The van der Waals surface area contributed by atoms with Gasteiger partial charge in [-0.25, -0.2) is 4.98 Å². The molecule has 1 aliphatic rings. The molecular weight excluding hydrogens is 214 g/mol. The van der Waals surface area contributed by atoms with Gasteiger partial charge < -0.3 is 5.73 Å². The molecule has 2 rings (SSSR count). The van der Waals surface area contributed by atoms with Gasteiger partial charge >= 0.3 is 0 Å². The van der Waals surface area contributed by atoms with Gasteiger partial charge in [-0.1, -0.05) is 0 Å². The van der Waals surface area contributed by atoms with Crippen molar-refractivity contribution >= 4 is 29.0 Å². The van der Waals surface area contributed by atoms with Gasteiger partial charge in [0.2, 0.25) is 5.91 Å². The lowest BCUT2D eigenvalue weighted by Crippen LogP contribution is -2.25. The minimum atomic E-state index is 0.0814. The predicted octanol–water partition coefficient (Wildman–Crippen LogP) is 1.26. The third-order valence-corrected chi connectivity index (χ3v) is 2.91. The second kappa shape index (κ2) is 4.06. The Bertz CT molecular complexity index is 365. The lowest BCUT2D eigenvalue weighted by molar-refractivity contribution is -0.117. The van der Waals surface area contributed by atoms with E-state index in [0.29, 0.717) is 30.4 Å².